The van der Waals surface area contributed by atoms with Crippen molar-refractivity contribution in [2.75, 3.05) is 13.2 Å². The highest BCUT2D eigenvalue weighted by molar-refractivity contribution is 5.34. The van der Waals surface area contributed by atoms with E-state index in [1.54, 1.807) is 0 Å². The fourth-order valence-corrected chi connectivity index (χ4v) is 2.41. The van der Waals surface area contributed by atoms with Gasteiger partial charge in [0, 0.05) is 13.8 Å². The number of ether oxygens (including phenoxy) is 4. The van der Waals surface area contributed by atoms with Crippen molar-refractivity contribution in [3.8, 4) is 11.5 Å². The quantitative estimate of drug-likeness (QED) is 0.765. The van der Waals surface area contributed by atoms with Crippen LogP contribution >= 0.6 is 0 Å². The molecule has 2 unspecified atom stereocenters. The van der Waals surface area contributed by atoms with Gasteiger partial charge < -0.3 is 18.9 Å². The van der Waals surface area contributed by atoms with Crippen LogP contribution in [0.4, 0.5) is 0 Å². The highest BCUT2D eigenvalue weighted by Crippen LogP contribution is 2.31. The molecule has 2 aromatic carbocycles. The lowest BCUT2D eigenvalue weighted by Crippen LogP contribution is -2.14. The minimum atomic E-state index is -0.417. The van der Waals surface area contributed by atoms with Crippen LogP contribution in [0.1, 0.15) is 25.0 Å². The van der Waals surface area contributed by atoms with Crippen LogP contribution in [0.15, 0.2) is 48.5 Å². The molecule has 2 saturated heterocycles. The number of hydrogen-bond donors (Lipinski definition) is 0. The SMILES string of the molecule is CC1(Oc2ccc(Cc3ccc(OC4(C)CO4)cc3)cc2)CO1. The van der Waals surface area contributed by atoms with E-state index >= 15 is 0 Å². The van der Waals surface area contributed by atoms with Crippen LogP contribution in [0.2, 0.25) is 0 Å². The predicted octanol–water partition coefficient (Wildman–Crippen LogP) is 3.53. The summed E-state index contributed by atoms with van der Waals surface area (Å²) in [5.74, 6) is 0.851. The van der Waals surface area contributed by atoms with Crippen LogP contribution in [-0.4, -0.2) is 24.8 Å². The van der Waals surface area contributed by atoms with Crippen LogP contribution < -0.4 is 9.47 Å². The van der Waals surface area contributed by atoms with Crippen LogP contribution in [0, 0.1) is 0 Å². The summed E-state index contributed by atoms with van der Waals surface area (Å²) in [7, 11) is 0. The summed E-state index contributed by atoms with van der Waals surface area (Å²) >= 11 is 0. The molecule has 0 saturated carbocycles. The van der Waals surface area contributed by atoms with Crippen LogP contribution in [0.5, 0.6) is 11.5 Å². The van der Waals surface area contributed by atoms with E-state index in [1.807, 2.05) is 38.1 Å². The minimum absolute atomic E-state index is 0.417. The highest BCUT2D eigenvalue weighted by Gasteiger charge is 2.42. The zero-order valence-corrected chi connectivity index (χ0v) is 13.4. The van der Waals surface area contributed by atoms with Crippen LogP contribution in [0.25, 0.3) is 0 Å². The average Bonchev–Trinajstić information content (AvgIpc) is 3.44. The van der Waals surface area contributed by atoms with E-state index in [0.29, 0.717) is 13.2 Å². The third-order valence-corrected chi connectivity index (χ3v) is 4.02. The number of benzene rings is 2. The normalized spacial score (nSPS) is 28.3. The molecule has 2 fully saturated rings. The standard InChI is InChI=1S/C19H20O4/c1-18(12-20-18)22-16-7-3-14(4-8-16)11-15-5-9-17(10-6-15)23-19(2)13-21-19/h3-10H,11-13H2,1-2H3. The molecule has 23 heavy (non-hydrogen) atoms. The Bertz CT molecular complexity index is 621. The maximum atomic E-state index is 5.74. The Hall–Kier alpha value is -2.04. The van der Waals surface area contributed by atoms with E-state index in [9.17, 15) is 0 Å². The van der Waals surface area contributed by atoms with Crippen molar-refractivity contribution in [3.63, 3.8) is 0 Å². The van der Waals surface area contributed by atoms with Gasteiger partial charge in [-0.25, -0.2) is 0 Å². The Morgan fingerprint density at radius 3 is 1.39 bits per heavy atom. The Morgan fingerprint density at radius 2 is 1.09 bits per heavy atom. The second-order valence-electron chi connectivity index (χ2n) is 6.51. The van der Waals surface area contributed by atoms with Gasteiger partial charge in [-0.05, 0) is 41.8 Å². The molecule has 0 aromatic heterocycles. The summed E-state index contributed by atoms with van der Waals surface area (Å²) in [5.41, 5.74) is 2.48. The lowest BCUT2D eigenvalue weighted by Gasteiger charge is -2.11. The van der Waals surface area contributed by atoms with Gasteiger partial charge in [0.2, 0.25) is 11.6 Å². The molecule has 0 N–H and O–H groups in total. The van der Waals surface area contributed by atoms with Gasteiger partial charge >= 0.3 is 0 Å². The summed E-state index contributed by atoms with van der Waals surface area (Å²) in [6.07, 6.45) is 0.877. The van der Waals surface area contributed by atoms with Crippen molar-refractivity contribution in [2.45, 2.75) is 31.8 Å². The monoisotopic (exact) mass is 312 g/mol. The average molecular weight is 312 g/mol. The Morgan fingerprint density at radius 1 is 0.739 bits per heavy atom. The second kappa shape index (κ2) is 5.25. The van der Waals surface area contributed by atoms with Crippen molar-refractivity contribution in [3.05, 3.63) is 59.7 Å². The largest absolute Gasteiger partial charge is 0.460 e. The van der Waals surface area contributed by atoms with Gasteiger partial charge in [-0.15, -0.1) is 0 Å². The van der Waals surface area contributed by atoms with Crippen LogP contribution in [-0.2, 0) is 15.9 Å². The maximum Gasteiger partial charge on any atom is 0.231 e. The first kappa shape index (κ1) is 14.5. The lowest BCUT2D eigenvalue weighted by atomic mass is 10.0. The molecule has 2 aliphatic heterocycles. The highest BCUT2D eigenvalue weighted by atomic mass is 16.8. The summed E-state index contributed by atoms with van der Waals surface area (Å²) in [6.45, 7) is 5.20. The predicted molar refractivity (Wildman–Crippen MR) is 85.7 cm³/mol. The van der Waals surface area contributed by atoms with Gasteiger partial charge in [-0.1, -0.05) is 24.3 Å². The van der Waals surface area contributed by atoms with Gasteiger partial charge in [0.1, 0.15) is 24.7 Å². The minimum Gasteiger partial charge on any atom is -0.460 e. The topological polar surface area (TPSA) is 43.5 Å². The van der Waals surface area contributed by atoms with Crippen molar-refractivity contribution in [1.29, 1.82) is 0 Å². The smallest absolute Gasteiger partial charge is 0.231 e. The van der Waals surface area contributed by atoms with E-state index in [1.165, 1.54) is 11.1 Å². The number of rotatable bonds is 6. The van der Waals surface area contributed by atoms with Gasteiger partial charge in [-0.2, -0.15) is 0 Å². The molecular formula is C19H20O4. The molecule has 0 radical (unpaired) electrons. The third kappa shape index (κ3) is 3.66. The maximum absolute atomic E-state index is 5.74. The van der Waals surface area contributed by atoms with E-state index in [0.717, 1.165) is 17.9 Å². The van der Waals surface area contributed by atoms with Crippen molar-refractivity contribution in [1.82, 2.24) is 0 Å². The summed E-state index contributed by atoms with van der Waals surface area (Å²) < 4.78 is 21.9. The summed E-state index contributed by atoms with van der Waals surface area (Å²) in [4.78, 5) is 0. The molecule has 2 aromatic rings. The Labute approximate surface area is 135 Å². The van der Waals surface area contributed by atoms with Crippen molar-refractivity contribution < 1.29 is 18.9 Å². The molecule has 4 rings (SSSR count). The Kier molecular flexibility index (Phi) is 3.32. The van der Waals surface area contributed by atoms with Gasteiger partial charge in [0.05, 0.1) is 0 Å². The number of epoxide rings is 2. The molecule has 0 amide bonds. The first-order chi connectivity index (χ1) is 11.0. The molecule has 2 aliphatic rings. The second-order valence-corrected chi connectivity index (χ2v) is 6.51. The molecular weight excluding hydrogens is 292 g/mol. The fraction of sp³-hybridized carbons (Fsp3) is 0.368. The molecule has 2 atom stereocenters. The molecule has 4 nitrogen and oxygen atoms in total. The van der Waals surface area contributed by atoms with E-state index < -0.39 is 11.6 Å². The zero-order chi connectivity index (χ0) is 15.9. The van der Waals surface area contributed by atoms with E-state index in [4.69, 9.17) is 18.9 Å². The first-order valence-corrected chi connectivity index (χ1v) is 7.86. The van der Waals surface area contributed by atoms with Crippen LogP contribution in [0.3, 0.4) is 0 Å². The van der Waals surface area contributed by atoms with Crippen molar-refractivity contribution in [2.24, 2.45) is 0 Å². The van der Waals surface area contributed by atoms with Crippen molar-refractivity contribution >= 4 is 0 Å². The summed E-state index contributed by atoms with van der Waals surface area (Å²) in [5, 5.41) is 0. The molecule has 2 heterocycles. The van der Waals surface area contributed by atoms with Gasteiger partial charge in [0.15, 0.2) is 0 Å². The molecule has 0 bridgehead atoms. The molecule has 120 valence electrons. The lowest BCUT2D eigenvalue weighted by molar-refractivity contribution is 0.0797. The first-order valence-electron chi connectivity index (χ1n) is 7.86. The van der Waals surface area contributed by atoms with Gasteiger partial charge in [-0.3, -0.25) is 0 Å². The van der Waals surface area contributed by atoms with E-state index in [-0.39, 0.29) is 0 Å². The Balaban J connectivity index is 1.37. The molecule has 0 spiro atoms. The molecule has 4 heteroatoms. The number of hydrogen-bond acceptors (Lipinski definition) is 4. The molecule has 0 aliphatic carbocycles. The third-order valence-electron chi connectivity index (χ3n) is 4.02. The van der Waals surface area contributed by atoms with E-state index in [2.05, 4.69) is 24.3 Å². The summed E-state index contributed by atoms with van der Waals surface area (Å²) in [6, 6.07) is 16.3. The van der Waals surface area contributed by atoms with Gasteiger partial charge in [0.25, 0.3) is 0 Å². The zero-order valence-electron chi connectivity index (χ0n) is 13.4. The fourth-order valence-electron chi connectivity index (χ4n) is 2.41.